The highest BCUT2D eigenvalue weighted by atomic mass is 35.5. The van der Waals surface area contributed by atoms with Gasteiger partial charge in [0, 0.05) is 23.7 Å². The van der Waals surface area contributed by atoms with Crippen molar-refractivity contribution in [2.45, 2.75) is 30.6 Å². The number of amides is 1. The fourth-order valence-corrected chi connectivity index (χ4v) is 5.91. The summed E-state index contributed by atoms with van der Waals surface area (Å²) < 4.78 is 23.3. The van der Waals surface area contributed by atoms with Gasteiger partial charge in [0.05, 0.1) is 15.5 Å². The second-order valence-corrected chi connectivity index (χ2v) is 11.6. The molecule has 2 N–H and O–H groups in total. The van der Waals surface area contributed by atoms with E-state index in [1.807, 2.05) is 17.0 Å². The summed E-state index contributed by atoms with van der Waals surface area (Å²) in [6, 6.07) is 13.6. The number of nitrogens with two attached hydrogens (primary N) is 1. The number of halogens is 1. The van der Waals surface area contributed by atoms with Crippen LogP contribution in [0.4, 0.5) is 0 Å². The van der Waals surface area contributed by atoms with Gasteiger partial charge >= 0.3 is 0 Å². The number of nitrogens with zero attached hydrogens (tertiary/aromatic N) is 2. The van der Waals surface area contributed by atoms with Gasteiger partial charge in [-0.15, -0.1) is 11.3 Å². The van der Waals surface area contributed by atoms with Gasteiger partial charge in [0.15, 0.2) is 5.01 Å². The average Bonchev–Trinajstić information content (AvgIpc) is 3.38. The van der Waals surface area contributed by atoms with Gasteiger partial charge in [-0.1, -0.05) is 35.9 Å². The zero-order valence-corrected chi connectivity index (χ0v) is 19.6. The van der Waals surface area contributed by atoms with Crippen LogP contribution in [-0.4, -0.2) is 37.3 Å². The molecule has 32 heavy (non-hydrogen) atoms. The van der Waals surface area contributed by atoms with E-state index in [0.29, 0.717) is 21.1 Å². The molecule has 0 bridgehead atoms. The van der Waals surface area contributed by atoms with E-state index in [9.17, 15) is 13.2 Å². The summed E-state index contributed by atoms with van der Waals surface area (Å²) in [4.78, 5) is 20.7. The Labute approximate surface area is 196 Å². The molecular formula is C23H22ClN3O3S2. The molecular weight excluding hydrogens is 466 g/mol. The van der Waals surface area contributed by atoms with Crippen molar-refractivity contribution in [1.29, 1.82) is 0 Å². The number of carbonyl (C=O) groups is 1. The largest absolute Gasteiger partial charge is 0.337 e. The van der Waals surface area contributed by atoms with E-state index in [1.165, 1.54) is 36.3 Å². The minimum atomic E-state index is -3.78. The third-order valence-corrected chi connectivity index (χ3v) is 8.71. The molecule has 0 atom stereocenters. The zero-order valence-electron chi connectivity index (χ0n) is 17.3. The molecule has 0 unspecified atom stereocenters. The number of primary sulfonamides is 1. The third kappa shape index (κ3) is 4.20. The number of aromatic nitrogens is 1. The van der Waals surface area contributed by atoms with Crippen LogP contribution in [0.1, 0.15) is 35.5 Å². The summed E-state index contributed by atoms with van der Waals surface area (Å²) >= 11 is 7.38. The maximum absolute atomic E-state index is 13.3. The van der Waals surface area contributed by atoms with E-state index in [4.69, 9.17) is 21.7 Å². The van der Waals surface area contributed by atoms with Gasteiger partial charge in [-0.25, -0.2) is 18.5 Å². The van der Waals surface area contributed by atoms with Crippen LogP contribution in [-0.2, 0) is 10.0 Å². The Morgan fingerprint density at radius 1 is 0.969 bits per heavy atom. The number of hydrogen-bond acceptors (Lipinski definition) is 5. The predicted molar refractivity (Wildman–Crippen MR) is 126 cm³/mol. The quantitative estimate of drug-likeness (QED) is 0.572. The van der Waals surface area contributed by atoms with Crippen molar-refractivity contribution >= 4 is 38.9 Å². The van der Waals surface area contributed by atoms with Crippen LogP contribution in [0.15, 0.2) is 53.4 Å². The summed E-state index contributed by atoms with van der Waals surface area (Å²) in [7, 11) is -3.78. The Balaban J connectivity index is 1.52. The lowest BCUT2D eigenvalue weighted by atomic mass is 9.94. The number of likely N-dealkylation sites (tertiary alicyclic amines) is 1. The molecule has 1 spiro atoms. The molecule has 2 aliphatic rings. The number of benzene rings is 2. The van der Waals surface area contributed by atoms with Gasteiger partial charge in [-0.2, -0.15) is 0 Å². The van der Waals surface area contributed by atoms with E-state index in [1.54, 1.807) is 24.3 Å². The standard InChI is InChI=1S/C23H22ClN3O3S2/c24-17-5-1-15(2-6-17)19-20(16-3-7-18(8-4-16)32(25,29)30)31-21(26-19)22(28)27-13-11-23(9-10-23)12-14-27/h1-8H,9-14H2,(H2,25,29,30). The Hall–Kier alpha value is -2.26. The Morgan fingerprint density at radius 2 is 1.56 bits per heavy atom. The number of hydrogen-bond donors (Lipinski definition) is 1. The average molecular weight is 488 g/mol. The summed E-state index contributed by atoms with van der Waals surface area (Å²) in [5.41, 5.74) is 2.78. The monoisotopic (exact) mass is 487 g/mol. The van der Waals surface area contributed by atoms with Gasteiger partial charge in [-0.3, -0.25) is 4.79 Å². The molecule has 6 nitrogen and oxygen atoms in total. The molecule has 1 amide bonds. The summed E-state index contributed by atoms with van der Waals surface area (Å²) in [6.07, 6.45) is 4.70. The number of rotatable bonds is 4. The smallest absolute Gasteiger partial charge is 0.282 e. The number of piperidine rings is 1. The third-order valence-electron chi connectivity index (χ3n) is 6.44. The maximum Gasteiger partial charge on any atom is 0.282 e. The number of thiazole rings is 1. The minimum absolute atomic E-state index is 0.0393. The highest BCUT2D eigenvalue weighted by molar-refractivity contribution is 7.89. The summed E-state index contributed by atoms with van der Waals surface area (Å²) in [5.74, 6) is -0.0480. The van der Waals surface area contributed by atoms with Gasteiger partial charge in [0.2, 0.25) is 10.0 Å². The van der Waals surface area contributed by atoms with Crippen molar-refractivity contribution in [2.75, 3.05) is 13.1 Å². The van der Waals surface area contributed by atoms with Crippen LogP contribution in [0.5, 0.6) is 0 Å². The predicted octanol–water partition coefficient (Wildman–Crippen LogP) is 4.79. The van der Waals surface area contributed by atoms with Crippen molar-refractivity contribution in [3.8, 4) is 21.7 Å². The first-order valence-electron chi connectivity index (χ1n) is 10.4. The molecule has 1 aromatic heterocycles. The second-order valence-electron chi connectivity index (χ2n) is 8.57. The van der Waals surface area contributed by atoms with Crippen molar-refractivity contribution in [3.05, 3.63) is 58.6 Å². The lowest BCUT2D eigenvalue weighted by Gasteiger charge is -2.31. The Morgan fingerprint density at radius 3 is 2.12 bits per heavy atom. The van der Waals surface area contributed by atoms with Gasteiger partial charge in [0.25, 0.3) is 5.91 Å². The van der Waals surface area contributed by atoms with E-state index < -0.39 is 10.0 Å². The normalized spacial score (nSPS) is 17.5. The molecule has 2 aromatic carbocycles. The van der Waals surface area contributed by atoms with Crippen LogP contribution < -0.4 is 5.14 Å². The Bertz CT molecular complexity index is 1270. The molecule has 2 fully saturated rings. The SMILES string of the molecule is NS(=O)(=O)c1ccc(-c2sc(C(=O)N3CCC4(CC3)CC4)nc2-c2ccc(Cl)cc2)cc1. The Kier molecular flexibility index (Phi) is 5.36. The zero-order chi connectivity index (χ0) is 22.5. The second kappa shape index (κ2) is 7.95. The number of carbonyl (C=O) groups excluding carboxylic acids is 1. The van der Waals surface area contributed by atoms with Crippen LogP contribution in [0.2, 0.25) is 5.02 Å². The fourth-order valence-electron chi connectivity index (χ4n) is 4.20. The van der Waals surface area contributed by atoms with Crippen LogP contribution >= 0.6 is 22.9 Å². The van der Waals surface area contributed by atoms with Gasteiger partial charge < -0.3 is 4.90 Å². The summed E-state index contributed by atoms with van der Waals surface area (Å²) in [6.45, 7) is 1.54. The van der Waals surface area contributed by atoms with Crippen molar-refractivity contribution < 1.29 is 13.2 Å². The minimum Gasteiger partial charge on any atom is -0.337 e. The highest BCUT2D eigenvalue weighted by Gasteiger charge is 2.45. The van der Waals surface area contributed by atoms with Crippen molar-refractivity contribution in [3.63, 3.8) is 0 Å². The topological polar surface area (TPSA) is 93.4 Å². The maximum atomic E-state index is 13.3. The lowest BCUT2D eigenvalue weighted by Crippen LogP contribution is -2.39. The van der Waals surface area contributed by atoms with Crippen LogP contribution in [0.3, 0.4) is 0 Å². The van der Waals surface area contributed by atoms with Crippen LogP contribution in [0.25, 0.3) is 21.7 Å². The summed E-state index contributed by atoms with van der Waals surface area (Å²) in [5, 5.41) is 6.28. The first-order valence-corrected chi connectivity index (χ1v) is 13.2. The molecule has 1 saturated carbocycles. The fraction of sp³-hybridized carbons (Fsp3) is 0.304. The van der Waals surface area contributed by atoms with Gasteiger partial charge in [-0.05, 0) is 60.9 Å². The molecule has 1 aliphatic heterocycles. The number of sulfonamides is 1. The molecule has 0 radical (unpaired) electrons. The van der Waals surface area contributed by atoms with Crippen molar-refractivity contribution in [1.82, 2.24) is 9.88 Å². The molecule has 3 aromatic rings. The molecule has 5 rings (SSSR count). The van der Waals surface area contributed by atoms with Crippen LogP contribution in [0, 0.1) is 5.41 Å². The first kappa shape index (κ1) is 21.6. The van der Waals surface area contributed by atoms with E-state index in [-0.39, 0.29) is 10.8 Å². The first-order chi connectivity index (χ1) is 15.2. The van der Waals surface area contributed by atoms with Gasteiger partial charge in [0.1, 0.15) is 0 Å². The van der Waals surface area contributed by atoms with E-state index >= 15 is 0 Å². The molecule has 2 heterocycles. The highest BCUT2D eigenvalue weighted by Crippen LogP contribution is 2.53. The van der Waals surface area contributed by atoms with E-state index in [2.05, 4.69) is 0 Å². The molecule has 1 aliphatic carbocycles. The molecule has 9 heteroatoms. The molecule has 1 saturated heterocycles. The lowest BCUT2D eigenvalue weighted by molar-refractivity contribution is 0.0678. The van der Waals surface area contributed by atoms with E-state index in [0.717, 1.165) is 41.9 Å². The van der Waals surface area contributed by atoms with Crippen molar-refractivity contribution in [2.24, 2.45) is 10.6 Å². The molecule has 166 valence electrons.